The van der Waals surface area contributed by atoms with Crippen LogP contribution in [0.15, 0.2) is 72.3 Å². The number of fused-ring (bicyclic) bond motifs is 1. The van der Waals surface area contributed by atoms with E-state index in [2.05, 4.69) is 6.92 Å². The minimum absolute atomic E-state index is 0.114. The van der Waals surface area contributed by atoms with Crippen molar-refractivity contribution >= 4 is 28.2 Å². The van der Waals surface area contributed by atoms with Gasteiger partial charge in [-0.1, -0.05) is 80.1 Å². The number of benzene rings is 3. The molecule has 0 saturated carbocycles. The number of nitrogens with zero attached hydrogens (tertiary/aromatic N) is 1. The molecule has 1 saturated heterocycles. The van der Waals surface area contributed by atoms with Crippen molar-refractivity contribution in [3.05, 3.63) is 89.0 Å². The summed E-state index contributed by atoms with van der Waals surface area (Å²) in [5.74, 6) is -1.28. The van der Waals surface area contributed by atoms with Gasteiger partial charge >= 0.3 is 0 Å². The van der Waals surface area contributed by atoms with Crippen LogP contribution in [0.1, 0.15) is 42.5 Å². The number of aliphatic hydroxyl groups excluding tert-OH is 1. The molecule has 1 atom stereocenters. The summed E-state index contributed by atoms with van der Waals surface area (Å²) in [7, 11) is 0. The maximum absolute atomic E-state index is 13.1. The summed E-state index contributed by atoms with van der Waals surface area (Å²) in [5, 5.41) is 13.2. The van der Waals surface area contributed by atoms with Crippen LogP contribution in [-0.2, 0) is 9.59 Å². The highest BCUT2D eigenvalue weighted by molar-refractivity contribution is 6.46. The molecule has 0 aliphatic carbocycles. The number of amides is 1. The van der Waals surface area contributed by atoms with Crippen LogP contribution in [0.2, 0.25) is 0 Å². The van der Waals surface area contributed by atoms with Crippen LogP contribution in [0.4, 0.5) is 0 Å². The van der Waals surface area contributed by atoms with E-state index in [9.17, 15) is 14.7 Å². The van der Waals surface area contributed by atoms with Crippen LogP contribution < -0.4 is 0 Å². The molecule has 1 aliphatic heterocycles. The Balaban J connectivity index is 1.96. The van der Waals surface area contributed by atoms with Crippen LogP contribution in [0.5, 0.6) is 0 Å². The lowest BCUT2D eigenvalue weighted by Gasteiger charge is -2.26. The van der Waals surface area contributed by atoms with E-state index in [4.69, 9.17) is 0 Å². The smallest absolute Gasteiger partial charge is 0.295 e. The number of aliphatic hydroxyl groups is 1. The summed E-state index contributed by atoms with van der Waals surface area (Å²) < 4.78 is 0. The number of carbonyl (C=O) groups excluding carboxylic acids is 2. The lowest BCUT2D eigenvalue weighted by atomic mass is 9.91. The number of carbonyl (C=O) groups is 2. The minimum atomic E-state index is -0.621. The Labute approximate surface area is 176 Å². The Kier molecular flexibility index (Phi) is 5.40. The van der Waals surface area contributed by atoms with E-state index in [0.717, 1.165) is 34.7 Å². The number of aryl methyl sites for hydroxylation is 1. The van der Waals surface area contributed by atoms with Crippen molar-refractivity contribution in [2.24, 2.45) is 0 Å². The van der Waals surface area contributed by atoms with Gasteiger partial charge in [0.1, 0.15) is 5.76 Å². The summed E-state index contributed by atoms with van der Waals surface area (Å²) in [6, 6.07) is 20.5. The van der Waals surface area contributed by atoms with E-state index < -0.39 is 17.7 Å². The molecule has 1 aliphatic rings. The third-order valence-corrected chi connectivity index (χ3v) is 5.82. The van der Waals surface area contributed by atoms with Gasteiger partial charge in [0.2, 0.25) is 0 Å². The highest BCUT2D eigenvalue weighted by Gasteiger charge is 2.46. The van der Waals surface area contributed by atoms with Gasteiger partial charge in [-0.2, -0.15) is 0 Å². The molecule has 3 aromatic carbocycles. The molecule has 1 unspecified atom stereocenters. The average Bonchev–Trinajstić information content (AvgIpc) is 3.01. The molecule has 1 heterocycles. The molecule has 0 aromatic heterocycles. The molecule has 1 N–H and O–H groups in total. The summed E-state index contributed by atoms with van der Waals surface area (Å²) in [6.07, 6.45) is 1.70. The topological polar surface area (TPSA) is 57.6 Å². The summed E-state index contributed by atoms with van der Waals surface area (Å²) in [4.78, 5) is 27.7. The lowest BCUT2D eigenvalue weighted by molar-refractivity contribution is -0.139. The average molecular weight is 399 g/mol. The number of likely N-dealkylation sites (tertiary alicyclic amines) is 1. The molecule has 0 bridgehead atoms. The van der Waals surface area contributed by atoms with Gasteiger partial charge in [0.25, 0.3) is 11.7 Å². The van der Waals surface area contributed by atoms with Crippen molar-refractivity contribution in [2.45, 2.75) is 32.7 Å². The number of Topliss-reactive ketones (excluding diaryl/α,β-unsaturated/α-hetero) is 1. The second-order valence-corrected chi connectivity index (χ2v) is 7.73. The van der Waals surface area contributed by atoms with Crippen molar-refractivity contribution in [3.63, 3.8) is 0 Å². The molecular formula is C26H25NO3. The molecule has 0 radical (unpaired) electrons. The molecule has 30 heavy (non-hydrogen) atoms. The number of hydrogen-bond donors (Lipinski definition) is 1. The summed E-state index contributed by atoms with van der Waals surface area (Å²) in [5.41, 5.74) is 2.59. The van der Waals surface area contributed by atoms with E-state index in [0.29, 0.717) is 12.1 Å². The Morgan fingerprint density at radius 2 is 1.67 bits per heavy atom. The predicted molar refractivity (Wildman–Crippen MR) is 119 cm³/mol. The third kappa shape index (κ3) is 3.28. The van der Waals surface area contributed by atoms with Crippen LogP contribution >= 0.6 is 0 Å². The van der Waals surface area contributed by atoms with Gasteiger partial charge in [-0.15, -0.1) is 0 Å². The number of hydrogen-bond acceptors (Lipinski definition) is 3. The predicted octanol–water partition coefficient (Wildman–Crippen LogP) is 5.37. The fraction of sp³-hybridized carbons (Fsp3) is 0.231. The molecule has 1 amide bonds. The molecular weight excluding hydrogens is 374 g/mol. The lowest BCUT2D eigenvalue weighted by Crippen LogP contribution is -2.30. The Hall–Kier alpha value is -3.40. The molecule has 4 heteroatoms. The Bertz CT molecular complexity index is 1160. The number of unbranched alkanes of at least 4 members (excludes halogenated alkanes) is 1. The largest absolute Gasteiger partial charge is 0.507 e. The van der Waals surface area contributed by atoms with Gasteiger partial charge in [0.05, 0.1) is 11.6 Å². The Morgan fingerprint density at radius 1 is 0.967 bits per heavy atom. The summed E-state index contributed by atoms with van der Waals surface area (Å²) in [6.45, 7) is 4.50. The van der Waals surface area contributed by atoms with Gasteiger partial charge in [-0.25, -0.2) is 0 Å². The van der Waals surface area contributed by atoms with Gasteiger partial charge in [-0.3, -0.25) is 9.59 Å². The standard InChI is InChI=1S/C26H25NO3/c1-3-4-16-27-23(19-13-7-5-10-17(19)2)22(25(29)26(27)30)24(28)21-15-9-12-18-11-6-8-14-20(18)21/h5-15,23,28H,3-4,16H2,1-2H3/b24-22+. The second kappa shape index (κ2) is 8.15. The number of ketones is 1. The van der Waals surface area contributed by atoms with E-state index in [1.807, 2.05) is 67.6 Å². The zero-order valence-corrected chi connectivity index (χ0v) is 17.3. The highest BCUT2D eigenvalue weighted by Crippen LogP contribution is 2.41. The van der Waals surface area contributed by atoms with Crippen LogP contribution in [0.3, 0.4) is 0 Å². The molecule has 3 aromatic rings. The van der Waals surface area contributed by atoms with E-state index in [1.54, 1.807) is 11.0 Å². The van der Waals surface area contributed by atoms with Crippen molar-refractivity contribution in [1.82, 2.24) is 4.90 Å². The van der Waals surface area contributed by atoms with Crippen LogP contribution in [-0.4, -0.2) is 28.2 Å². The quantitative estimate of drug-likeness (QED) is 0.356. The van der Waals surface area contributed by atoms with Gasteiger partial charge in [-0.05, 0) is 35.2 Å². The van der Waals surface area contributed by atoms with Crippen LogP contribution in [0, 0.1) is 6.92 Å². The van der Waals surface area contributed by atoms with Gasteiger partial charge in [0, 0.05) is 12.1 Å². The maximum Gasteiger partial charge on any atom is 0.295 e. The van der Waals surface area contributed by atoms with Crippen molar-refractivity contribution in [1.29, 1.82) is 0 Å². The molecule has 0 spiro atoms. The first-order valence-corrected chi connectivity index (χ1v) is 10.4. The van der Waals surface area contributed by atoms with E-state index in [-0.39, 0.29) is 11.3 Å². The van der Waals surface area contributed by atoms with Crippen molar-refractivity contribution in [2.75, 3.05) is 6.54 Å². The first-order chi connectivity index (χ1) is 14.5. The maximum atomic E-state index is 13.1. The van der Waals surface area contributed by atoms with Gasteiger partial charge < -0.3 is 10.0 Å². The van der Waals surface area contributed by atoms with Gasteiger partial charge in [0.15, 0.2) is 0 Å². The first-order valence-electron chi connectivity index (χ1n) is 10.4. The van der Waals surface area contributed by atoms with E-state index in [1.165, 1.54) is 0 Å². The van der Waals surface area contributed by atoms with Crippen molar-refractivity contribution in [3.8, 4) is 0 Å². The van der Waals surface area contributed by atoms with E-state index >= 15 is 0 Å². The third-order valence-electron chi connectivity index (χ3n) is 5.82. The zero-order valence-electron chi connectivity index (χ0n) is 17.3. The normalized spacial score (nSPS) is 18.3. The second-order valence-electron chi connectivity index (χ2n) is 7.73. The SMILES string of the molecule is CCCCN1C(=O)C(=O)/C(=C(/O)c2cccc3ccccc23)C1c1ccccc1C. The Morgan fingerprint density at radius 3 is 2.43 bits per heavy atom. The highest BCUT2D eigenvalue weighted by atomic mass is 16.3. The monoisotopic (exact) mass is 399 g/mol. The molecule has 152 valence electrons. The number of rotatable bonds is 5. The van der Waals surface area contributed by atoms with Crippen molar-refractivity contribution < 1.29 is 14.7 Å². The zero-order chi connectivity index (χ0) is 21.3. The first kappa shape index (κ1) is 19.9. The minimum Gasteiger partial charge on any atom is -0.507 e. The fourth-order valence-electron chi connectivity index (χ4n) is 4.23. The molecule has 1 fully saturated rings. The molecule has 4 nitrogen and oxygen atoms in total. The molecule has 4 rings (SSSR count). The fourth-order valence-corrected chi connectivity index (χ4v) is 4.23. The summed E-state index contributed by atoms with van der Waals surface area (Å²) >= 11 is 0. The van der Waals surface area contributed by atoms with Crippen LogP contribution in [0.25, 0.3) is 16.5 Å².